The fourth-order valence-electron chi connectivity index (χ4n) is 4.22. The van der Waals surface area contributed by atoms with Crippen molar-refractivity contribution in [3.8, 4) is 0 Å². The van der Waals surface area contributed by atoms with Gasteiger partial charge < -0.3 is 5.32 Å². The number of nitrogens with one attached hydrogen (secondary N) is 3. The molecule has 0 aliphatic heterocycles. The van der Waals surface area contributed by atoms with E-state index in [1.54, 1.807) is 0 Å². The third-order valence-electron chi connectivity index (χ3n) is 5.96. The van der Waals surface area contributed by atoms with E-state index >= 15 is 0 Å². The van der Waals surface area contributed by atoms with Crippen LogP contribution < -0.4 is 16.2 Å². The molecule has 35 heavy (non-hydrogen) atoms. The van der Waals surface area contributed by atoms with Gasteiger partial charge in [-0.3, -0.25) is 25.8 Å². The summed E-state index contributed by atoms with van der Waals surface area (Å²) >= 11 is 0. The van der Waals surface area contributed by atoms with E-state index in [1.165, 1.54) is 24.7 Å². The van der Waals surface area contributed by atoms with Crippen molar-refractivity contribution in [1.82, 2.24) is 15.4 Å². The number of allylic oxidation sites excluding steroid dienone is 1. The number of anilines is 2. The highest BCUT2D eigenvalue weighted by Crippen LogP contribution is 2.30. The van der Waals surface area contributed by atoms with Crippen molar-refractivity contribution in [1.29, 1.82) is 0 Å². The average Bonchev–Trinajstić information content (AvgIpc) is 2.89. The summed E-state index contributed by atoms with van der Waals surface area (Å²) in [6, 6.07) is 18.7. The number of carbonyl (C=O) groups is 1. The number of amides is 1. The summed E-state index contributed by atoms with van der Waals surface area (Å²) in [5, 5.41) is 14.9. The molecule has 0 saturated carbocycles. The normalized spacial score (nSPS) is 13.1. The molecule has 0 saturated heterocycles. The summed E-state index contributed by atoms with van der Waals surface area (Å²) in [4.78, 5) is 32.6. The predicted molar refractivity (Wildman–Crippen MR) is 135 cm³/mol. The van der Waals surface area contributed by atoms with E-state index < -0.39 is 10.8 Å². The maximum atomic E-state index is 13.2. The third-order valence-corrected chi connectivity index (χ3v) is 5.96. The Morgan fingerprint density at radius 1 is 0.971 bits per heavy atom. The topological polar surface area (TPSA) is 122 Å². The molecule has 3 aromatic rings. The molecule has 0 fully saturated rings. The molecule has 1 aliphatic rings. The molecule has 2 aromatic carbocycles. The molecule has 0 atom stereocenters. The van der Waals surface area contributed by atoms with E-state index in [0.717, 1.165) is 30.4 Å². The van der Waals surface area contributed by atoms with Gasteiger partial charge in [0.1, 0.15) is 6.33 Å². The Labute approximate surface area is 203 Å². The molecule has 180 valence electrons. The lowest BCUT2D eigenvalue weighted by Crippen LogP contribution is -2.35. The van der Waals surface area contributed by atoms with Gasteiger partial charge in [-0.05, 0) is 43.2 Å². The molecule has 0 unspecified atom stereocenters. The minimum absolute atomic E-state index is 0.0856. The van der Waals surface area contributed by atoms with Crippen molar-refractivity contribution in [2.75, 3.05) is 17.3 Å². The summed E-state index contributed by atoms with van der Waals surface area (Å²) in [7, 11) is 0. The Morgan fingerprint density at radius 3 is 2.23 bits per heavy atom. The van der Waals surface area contributed by atoms with Gasteiger partial charge in [0.15, 0.2) is 0 Å². The number of benzene rings is 2. The number of carbonyl (C=O) groups excluding carboxylic acids is 1. The zero-order chi connectivity index (χ0) is 24.5. The minimum Gasteiger partial charge on any atom is -0.364 e. The maximum Gasteiger partial charge on any atom is 0.354 e. The number of rotatable bonds is 10. The Hall–Kier alpha value is -4.27. The van der Waals surface area contributed by atoms with Crippen LogP contribution in [0.4, 0.5) is 17.3 Å². The van der Waals surface area contributed by atoms with E-state index in [-0.39, 0.29) is 23.2 Å². The van der Waals surface area contributed by atoms with Crippen LogP contribution in [0.1, 0.15) is 49.1 Å². The summed E-state index contributed by atoms with van der Waals surface area (Å²) in [6.07, 6.45) is 8.83. The first-order valence-electron chi connectivity index (χ1n) is 11.7. The van der Waals surface area contributed by atoms with Gasteiger partial charge in [-0.2, -0.15) is 0 Å². The highest BCUT2D eigenvalue weighted by molar-refractivity contribution is 5.88. The summed E-state index contributed by atoms with van der Waals surface area (Å²) in [5.74, 6) is -0.945. The molecular formula is C26H28N6O3. The van der Waals surface area contributed by atoms with Crippen LogP contribution in [-0.2, 0) is 4.79 Å². The standard InChI is InChI=1S/C26H28N6O3/c33-26(22(20-12-6-2-7-13-20)21-14-8-3-9-15-21)31-30-25-23(32(34)35)24(28-18-29-25)27-17-16-19-10-4-1-5-11-19/h2-3,6-10,12-15,18,22H,1,4-5,11,16-17H2,(H,31,33)(H2,27,28,29,30). The number of aromatic nitrogens is 2. The van der Waals surface area contributed by atoms with Crippen molar-refractivity contribution in [3.63, 3.8) is 0 Å². The van der Waals surface area contributed by atoms with Crippen LogP contribution in [0.25, 0.3) is 0 Å². The quantitative estimate of drug-likeness (QED) is 0.216. The van der Waals surface area contributed by atoms with Crippen LogP contribution in [0.2, 0.25) is 0 Å². The molecule has 0 radical (unpaired) electrons. The highest BCUT2D eigenvalue weighted by atomic mass is 16.6. The van der Waals surface area contributed by atoms with Crippen LogP contribution in [0.15, 0.2) is 78.6 Å². The lowest BCUT2D eigenvalue weighted by Gasteiger charge is -2.18. The molecule has 1 heterocycles. The molecule has 1 aromatic heterocycles. The largest absolute Gasteiger partial charge is 0.364 e. The number of hydrogen-bond donors (Lipinski definition) is 3. The van der Waals surface area contributed by atoms with Crippen molar-refractivity contribution >= 4 is 23.2 Å². The summed E-state index contributed by atoms with van der Waals surface area (Å²) in [5.41, 5.74) is 7.90. The second kappa shape index (κ2) is 11.7. The summed E-state index contributed by atoms with van der Waals surface area (Å²) < 4.78 is 0. The molecule has 3 N–H and O–H groups in total. The van der Waals surface area contributed by atoms with Gasteiger partial charge in [0, 0.05) is 6.54 Å². The van der Waals surface area contributed by atoms with Crippen molar-refractivity contribution in [2.45, 2.75) is 38.0 Å². The first kappa shape index (κ1) is 23.9. The number of hydrazine groups is 1. The SMILES string of the molecule is O=C(NNc1ncnc(NCCC2=CCCCC2)c1[N+](=O)[O-])C(c1ccccc1)c1ccccc1. The Bertz CT molecular complexity index is 1140. The predicted octanol–water partition coefficient (Wildman–Crippen LogP) is 4.96. The molecule has 0 bridgehead atoms. The molecule has 9 nitrogen and oxygen atoms in total. The number of hydrogen-bond acceptors (Lipinski definition) is 7. The van der Waals surface area contributed by atoms with E-state index in [9.17, 15) is 14.9 Å². The van der Waals surface area contributed by atoms with Crippen molar-refractivity contribution in [3.05, 3.63) is 99.9 Å². The molecule has 1 aliphatic carbocycles. The van der Waals surface area contributed by atoms with Crippen molar-refractivity contribution < 1.29 is 9.72 Å². The van der Waals surface area contributed by atoms with Gasteiger partial charge in [-0.25, -0.2) is 9.97 Å². The second-order valence-corrected chi connectivity index (χ2v) is 8.33. The van der Waals surface area contributed by atoms with Crippen LogP contribution in [0, 0.1) is 10.1 Å². The van der Waals surface area contributed by atoms with E-state index in [4.69, 9.17) is 0 Å². The molecule has 1 amide bonds. The zero-order valence-electron chi connectivity index (χ0n) is 19.3. The minimum atomic E-state index is -0.604. The lowest BCUT2D eigenvalue weighted by molar-refractivity contribution is -0.383. The third kappa shape index (κ3) is 6.20. The lowest BCUT2D eigenvalue weighted by atomic mass is 9.91. The Morgan fingerprint density at radius 2 is 1.63 bits per heavy atom. The van der Waals surface area contributed by atoms with E-state index in [2.05, 4.69) is 32.2 Å². The van der Waals surface area contributed by atoms with Crippen LogP contribution >= 0.6 is 0 Å². The maximum absolute atomic E-state index is 13.2. The van der Waals surface area contributed by atoms with Gasteiger partial charge in [0.25, 0.3) is 0 Å². The fraction of sp³-hybridized carbons (Fsp3) is 0.269. The second-order valence-electron chi connectivity index (χ2n) is 8.33. The van der Waals surface area contributed by atoms with Gasteiger partial charge in [-0.1, -0.05) is 72.3 Å². The van der Waals surface area contributed by atoms with Crippen LogP contribution in [0.3, 0.4) is 0 Å². The Kier molecular flexibility index (Phi) is 8.00. The smallest absolute Gasteiger partial charge is 0.354 e. The monoisotopic (exact) mass is 472 g/mol. The first-order valence-corrected chi connectivity index (χ1v) is 11.7. The molecule has 0 spiro atoms. The van der Waals surface area contributed by atoms with Gasteiger partial charge >= 0.3 is 5.69 Å². The van der Waals surface area contributed by atoms with Gasteiger partial charge in [0.05, 0.1) is 10.8 Å². The number of nitrogens with zero attached hydrogens (tertiary/aromatic N) is 3. The summed E-state index contributed by atoms with van der Waals surface area (Å²) in [6.45, 7) is 0.527. The van der Waals surface area contributed by atoms with Gasteiger partial charge in [0.2, 0.25) is 17.5 Å². The average molecular weight is 473 g/mol. The van der Waals surface area contributed by atoms with Crippen LogP contribution in [0.5, 0.6) is 0 Å². The fourth-order valence-corrected chi connectivity index (χ4v) is 4.22. The highest BCUT2D eigenvalue weighted by Gasteiger charge is 2.26. The Balaban J connectivity index is 1.48. The molecule has 4 rings (SSSR count). The first-order chi connectivity index (χ1) is 17.1. The van der Waals surface area contributed by atoms with Crippen LogP contribution in [-0.4, -0.2) is 27.3 Å². The van der Waals surface area contributed by atoms with Gasteiger partial charge in [-0.15, -0.1) is 0 Å². The van der Waals surface area contributed by atoms with E-state index in [1.807, 2.05) is 60.7 Å². The van der Waals surface area contributed by atoms with Crippen molar-refractivity contribution in [2.24, 2.45) is 0 Å². The number of nitro groups is 1. The zero-order valence-corrected chi connectivity index (χ0v) is 19.3. The molecular weight excluding hydrogens is 444 g/mol. The molecule has 9 heteroatoms. The van der Waals surface area contributed by atoms with E-state index in [0.29, 0.717) is 6.54 Å².